The minimum atomic E-state index is 0.0336. The molecule has 0 bridgehead atoms. The Morgan fingerprint density at radius 3 is 2.67 bits per heavy atom. The number of alkyl halides is 1. The Morgan fingerprint density at radius 1 is 1.50 bits per heavy atom. The molecule has 1 atom stereocenters. The van der Waals surface area contributed by atoms with Crippen molar-refractivity contribution >= 4 is 11.6 Å². The second-order valence-corrected chi connectivity index (χ2v) is 4.47. The third-order valence-electron chi connectivity index (χ3n) is 2.61. The van der Waals surface area contributed by atoms with Crippen molar-refractivity contribution in [3.05, 3.63) is 0 Å². The topological polar surface area (TPSA) is 9.23 Å². The Hall–Kier alpha value is 0.250. The van der Waals surface area contributed by atoms with E-state index in [1.54, 1.807) is 0 Å². The summed E-state index contributed by atoms with van der Waals surface area (Å²) in [7, 11) is 0. The molecule has 0 amide bonds. The van der Waals surface area contributed by atoms with Crippen LogP contribution in [0.25, 0.3) is 0 Å². The lowest BCUT2D eigenvalue weighted by molar-refractivity contribution is 0.0123. The van der Waals surface area contributed by atoms with E-state index >= 15 is 0 Å². The Labute approximate surface area is 80.4 Å². The van der Waals surface area contributed by atoms with E-state index in [0.717, 1.165) is 25.4 Å². The van der Waals surface area contributed by atoms with Gasteiger partial charge < -0.3 is 4.74 Å². The smallest absolute Gasteiger partial charge is 0.0818 e. The molecule has 1 fully saturated rings. The molecule has 0 aliphatic carbocycles. The Kier molecular flexibility index (Phi) is 3.85. The highest BCUT2D eigenvalue weighted by atomic mass is 35.5. The zero-order chi connectivity index (χ0) is 9.03. The van der Waals surface area contributed by atoms with Gasteiger partial charge in [-0.1, -0.05) is 13.8 Å². The van der Waals surface area contributed by atoms with Crippen LogP contribution >= 0.6 is 11.6 Å². The van der Waals surface area contributed by atoms with Crippen LogP contribution < -0.4 is 0 Å². The summed E-state index contributed by atoms with van der Waals surface area (Å²) >= 11 is 5.92. The van der Waals surface area contributed by atoms with Crippen LogP contribution in [-0.4, -0.2) is 18.1 Å². The van der Waals surface area contributed by atoms with Gasteiger partial charge in [0.15, 0.2) is 0 Å². The van der Waals surface area contributed by atoms with Gasteiger partial charge in [0, 0.05) is 6.61 Å². The second kappa shape index (κ2) is 4.48. The van der Waals surface area contributed by atoms with Gasteiger partial charge in [-0.3, -0.25) is 0 Å². The first-order valence-electron chi connectivity index (χ1n) is 4.88. The quantitative estimate of drug-likeness (QED) is 0.619. The lowest BCUT2D eigenvalue weighted by atomic mass is 9.93. The largest absolute Gasteiger partial charge is 0.374 e. The molecule has 2 heteroatoms. The van der Waals surface area contributed by atoms with Crippen LogP contribution in [0.5, 0.6) is 0 Å². The molecule has 0 aromatic heterocycles. The zero-order valence-corrected chi connectivity index (χ0v) is 8.86. The van der Waals surface area contributed by atoms with Gasteiger partial charge in [-0.05, 0) is 31.6 Å². The first-order valence-corrected chi connectivity index (χ1v) is 5.42. The van der Waals surface area contributed by atoms with Gasteiger partial charge in [-0.25, -0.2) is 0 Å². The standard InChI is InChI=1S/C10H19ClO/c1-9(2)4-6-10(8-11)5-3-7-12-10/h9H,3-8H2,1-2H3. The van der Waals surface area contributed by atoms with Gasteiger partial charge >= 0.3 is 0 Å². The van der Waals surface area contributed by atoms with Crippen molar-refractivity contribution in [2.24, 2.45) is 5.92 Å². The molecule has 1 aliphatic rings. The predicted molar refractivity (Wildman–Crippen MR) is 52.7 cm³/mol. The van der Waals surface area contributed by atoms with Gasteiger partial charge in [0.2, 0.25) is 0 Å². The number of hydrogen-bond acceptors (Lipinski definition) is 1. The van der Waals surface area contributed by atoms with Crippen molar-refractivity contribution in [3.63, 3.8) is 0 Å². The summed E-state index contributed by atoms with van der Waals surface area (Å²) in [5.41, 5.74) is 0.0336. The van der Waals surface area contributed by atoms with Crippen molar-refractivity contribution in [1.29, 1.82) is 0 Å². The minimum Gasteiger partial charge on any atom is -0.374 e. The van der Waals surface area contributed by atoms with Crippen LogP contribution in [-0.2, 0) is 4.74 Å². The van der Waals surface area contributed by atoms with E-state index in [0.29, 0.717) is 5.88 Å². The first-order chi connectivity index (χ1) is 5.68. The highest BCUT2D eigenvalue weighted by Gasteiger charge is 2.33. The van der Waals surface area contributed by atoms with Crippen molar-refractivity contribution in [3.8, 4) is 0 Å². The molecule has 1 heterocycles. The lowest BCUT2D eigenvalue weighted by Gasteiger charge is -2.26. The Morgan fingerprint density at radius 2 is 2.25 bits per heavy atom. The fourth-order valence-corrected chi connectivity index (χ4v) is 2.02. The summed E-state index contributed by atoms with van der Waals surface area (Å²) in [6.45, 7) is 5.40. The number of halogens is 1. The summed E-state index contributed by atoms with van der Waals surface area (Å²) in [4.78, 5) is 0. The molecule has 0 saturated carbocycles. The molecule has 0 N–H and O–H groups in total. The normalized spacial score (nSPS) is 30.0. The maximum absolute atomic E-state index is 5.92. The van der Waals surface area contributed by atoms with Crippen LogP contribution in [0.15, 0.2) is 0 Å². The summed E-state index contributed by atoms with van der Waals surface area (Å²) in [6, 6.07) is 0. The summed E-state index contributed by atoms with van der Waals surface area (Å²) < 4.78 is 5.71. The average Bonchev–Trinajstić information content (AvgIpc) is 2.50. The van der Waals surface area contributed by atoms with Crippen LogP contribution in [0.3, 0.4) is 0 Å². The van der Waals surface area contributed by atoms with E-state index in [9.17, 15) is 0 Å². The molecule has 1 nitrogen and oxygen atoms in total. The molecule has 0 radical (unpaired) electrons. The number of rotatable bonds is 4. The maximum atomic E-state index is 5.92. The van der Waals surface area contributed by atoms with E-state index in [1.165, 1.54) is 12.8 Å². The van der Waals surface area contributed by atoms with Gasteiger partial charge in [-0.15, -0.1) is 11.6 Å². The number of ether oxygens (including phenoxy) is 1. The van der Waals surface area contributed by atoms with Crippen molar-refractivity contribution in [2.45, 2.75) is 45.1 Å². The molecule has 12 heavy (non-hydrogen) atoms. The monoisotopic (exact) mass is 190 g/mol. The molecule has 1 unspecified atom stereocenters. The fourth-order valence-electron chi connectivity index (χ4n) is 1.68. The molecule has 0 aromatic carbocycles. The van der Waals surface area contributed by atoms with Gasteiger partial charge in [0.25, 0.3) is 0 Å². The highest BCUT2D eigenvalue weighted by Crippen LogP contribution is 2.32. The molecule has 0 spiro atoms. The Balaban J connectivity index is 2.34. The maximum Gasteiger partial charge on any atom is 0.0818 e. The molecule has 0 aromatic rings. The molecule has 1 rings (SSSR count). The minimum absolute atomic E-state index is 0.0336. The first kappa shape index (κ1) is 10.3. The molecule has 72 valence electrons. The van der Waals surface area contributed by atoms with E-state index in [2.05, 4.69) is 13.8 Å². The van der Waals surface area contributed by atoms with E-state index < -0.39 is 0 Å². The Bertz CT molecular complexity index is 128. The lowest BCUT2D eigenvalue weighted by Crippen LogP contribution is -2.30. The average molecular weight is 191 g/mol. The number of hydrogen-bond donors (Lipinski definition) is 0. The molecule has 1 saturated heterocycles. The van der Waals surface area contributed by atoms with Gasteiger partial charge in [0.1, 0.15) is 0 Å². The van der Waals surface area contributed by atoms with E-state index in [1.807, 2.05) is 0 Å². The van der Waals surface area contributed by atoms with Crippen LogP contribution in [0.2, 0.25) is 0 Å². The van der Waals surface area contributed by atoms with Gasteiger partial charge in [0.05, 0.1) is 11.5 Å². The highest BCUT2D eigenvalue weighted by molar-refractivity contribution is 6.18. The van der Waals surface area contributed by atoms with Crippen LogP contribution in [0, 0.1) is 5.92 Å². The molecular weight excluding hydrogens is 172 g/mol. The van der Waals surface area contributed by atoms with Crippen LogP contribution in [0.4, 0.5) is 0 Å². The second-order valence-electron chi connectivity index (χ2n) is 4.20. The summed E-state index contributed by atoms with van der Waals surface area (Å²) in [5, 5.41) is 0. The van der Waals surface area contributed by atoms with E-state index in [-0.39, 0.29) is 5.60 Å². The summed E-state index contributed by atoms with van der Waals surface area (Å²) in [6.07, 6.45) is 4.70. The van der Waals surface area contributed by atoms with Crippen molar-refractivity contribution in [2.75, 3.05) is 12.5 Å². The van der Waals surface area contributed by atoms with Crippen LogP contribution in [0.1, 0.15) is 39.5 Å². The predicted octanol–water partition coefficient (Wildman–Crippen LogP) is 3.21. The SMILES string of the molecule is CC(C)CCC1(CCl)CCCO1. The van der Waals surface area contributed by atoms with E-state index in [4.69, 9.17) is 16.3 Å². The van der Waals surface area contributed by atoms with Crippen molar-refractivity contribution in [1.82, 2.24) is 0 Å². The van der Waals surface area contributed by atoms with Gasteiger partial charge in [-0.2, -0.15) is 0 Å². The molecule has 1 aliphatic heterocycles. The zero-order valence-electron chi connectivity index (χ0n) is 8.11. The van der Waals surface area contributed by atoms with Crippen molar-refractivity contribution < 1.29 is 4.74 Å². The fraction of sp³-hybridized carbons (Fsp3) is 1.00. The summed E-state index contributed by atoms with van der Waals surface area (Å²) in [5.74, 6) is 1.42. The third-order valence-corrected chi connectivity index (χ3v) is 3.09. The third kappa shape index (κ3) is 2.63. The molecular formula is C10H19ClO.